The van der Waals surface area contributed by atoms with E-state index >= 15 is 0 Å². The molecule has 0 radical (unpaired) electrons. The van der Waals surface area contributed by atoms with Crippen LogP contribution in [-0.4, -0.2) is 47.7 Å². The lowest BCUT2D eigenvalue weighted by Crippen LogP contribution is -2.54. The summed E-state index contributed by atoms with van der Waals surface area (Å²) in [6, 6.07) is 24.3. The first kappa shape index (κ1) is 41.8. The summed E-state index contributed by atoms with van der Waals surface area (Å²) in [5.41, 5.74) is -1.57. The molecule has 6 rings (SSSR count). The molecule has 2 atom stereocenters. The smallest absolute Gasteiger partial charge is 0.432 e. The Balaban J connectivity index is 0.000000214. The van der Waals surface area contributed by atoms with Gasteiger partial charge in [-0.25, -0.2) is 9.59 Å². The van der Waals surface area contributed by atoms with Crippen molar-refractivity contribution >= 4 is 47.3 Å². The van der Waals surface area contributed by atoms with Crippen molar-refractivity contribution < 1.29 is 55.2 Å². The molecule has 2 unspecified atom stereocenters. The molecule has 14 heteroatoms. The molecule has 6 nitrogen and oxygen atoms in total. The number of ether oxygens (including phenoxy) is 3. The summed E-state index contributed by atoms with van der Waals surface area (Å²) in [4.78, 5) is 23.6. The van der Waals surface area contributed by atoms with E-state index < -0.39 is 53.6 Å². The molecule has 2 aliphatic rings. The minimum absolute atomic E-state index is 0.0362. The van der Waals surface area contributed by atoms with Gasteiger partial charge in [0.25, 0.3) is 0 Å². The largest absolute Gasteiger partial charge is 0.478 e. The predicted octanol–water partition coefficient (Wildman–Crippen LogP) is 10.7. The number of carbonyl (C=O) groups is 2. The third-order valence-corrected chi connectivity index (χ3v) is 9.15. The van der Waals surface area contributed by atoms with Crippen LogP contribution >= 0.6 is 23.2 Å². The number of halogens is 8. The Morgan fingerprint density at radius 2 is 1.43 bits per heavy atom. The van der Waals surface area contributed by atoms with Crippen LogP contribution in [0, 0.1) is 11.8 Å². The maximum absolute atomic E-state index is 13.9. The Labute approximate surface area is 328 Å². The summed E-state index contributed by atoms with van der Waals surface area (Å²) >= 11 is 12.2. The Morgan fingerprint density at radius 3 is 2.00 bits per heavy atom. The molecule has 1 N–H and O–H groups in total. The van der Waals surface area contributed by atoms with Crippen LogP contribution < -0.4 is 9.47 Å². The van der Waals surface area contributed by atoms with Gasteiger partial charge in [-0.2, -0.15) is 26.3 Å². The highest BCUT2D eigenvalue weighted by atomic mass is 35.5. The number of hydrogen-bond donors (Lipinski definition) is 1. The van der Waals surface area contributed by atoms with Gasteiger partial charge in [0, 0.05) is 26.7 Å². The molecule has 2 heterocycles. The zero-order valence-electron chi connectivity index (χ0n) is 29.7. The van der Waals surface area contributed by atoms with E-state index in [0.29, 0.717) is 34.6 Å². The summed E-state index contributed by atoms with van der Waals surface area (Å²) in [6.07, 6.45) is -9.51. The van der Waals surface area contributed by atoms with Gasteiger partial charge in [0.15, 0.2) is 0 Å². The topological polar surface area (TPSA) is 82.1 Å². The Kier molecular flexibility index (Phi) is 12.8. The number of alkyl halides is 6. The monoisotopic (exact) mass is 816 g/mol. The van der Waals surface area contributed by atoms with Crippen molar-refractivity contribution in [3.05, 3.63) is 140 Å². The highest BCUT2D eigenvalue weighted by Gasteiger charge is 2.62. The number of fused-ring (bicyclic) bond motifs is 2. The van der Waals surface area contributed by atoms with Crippen LogP contribution in [0.3, 0.4) is 0 Å². The lowest BCUT2D eigenvalue weighted by Gasteiger charge is -2.39. The number of carboxylic acids is 1. The lowest BCUT2D eigenvalue weighted by atomic mass is 9.85. The van der Waals surface area contributed by atoms with Crippen LogP contribution in [0.5, 0.6) is 11.5 Å². The van der Waals surface area contributed by atoms with Crippen molar-refractivity contribution in [2.45, 2.75) is 57.2 Å². The first-order valence-corrected chi connectivity index (χ1v) is 17.8. The second kappa shape index (κ2) is 17.2. The van der Waals surface area contributed by atoms with Gasteiger partial charge in [-0.3, -0.25) is 0 Å². The highest BCUT2D eigenvalue weighted by molar-refractivity contribution is 6.31. The molecule has 0 saturated heterocycles. The molecule has 0 aromatic heterocycles. The summed E-state index contributed by atoms with van der Waals surface area (Å²) in [5.74, 6) is 2.82. The molecule has 4 aromatic carbocycles. The van der Waals surface area contributed by atoms with E-state index in [9.17, 15) is 41.0 Å². The fourth-order valence-corrected chi connectivity index (χ4v) is 6.56. The first-order valence-electron chi connectivity index (χ1n) is 17.1. The second-order valence-electron chi connectivity index (χ2n) is 12.5. The van der Waals surface area contributed by atoms with Crippen molar-refractivity contribution in [3.63, 3.8) is 0 Å². The molecule has 0 aliphatic carbocycles. The minimum Gasteiger partial charge on any atom is -0.478 e. The number of aliphatic carboxylic acids is 1. The molecule has 0 saturated carbocycles. The maximum Gasteiger partial charge on any atom is 0.432 e. The lowest BCUT2D eigenvalue weighted by molar-refractivity contribution is -0.236. The van der Waals surface area contributed by atoms with E-state index in [1.807, 2.05) is 36.4 Å². The van der Waals surface area contributed by atoms with Crippen LogP contribution in [-0.2, 0) is 27.2 Å². The maximum atomic E-state index is 13.9. The van der Waals surface area contributed by atoms with E-state index in [-0.39, 0.29) is 34.3 Å². The molecule has 0 bridgehead atoms. The van der Waals surface area contributed by atoms with Gasteiger partial charge < -0.3 is 19.3 Å². The number of hydrogen-bond acceptors (Lipinski definition) is 5. The van der Waals surface area contributed by atoms with Gasteiger partial charge in [0.2, 0.25) is 11.7 Å². The number of esters is 1. The van der Waals surface area contributed by atoms with Gasteiger partial charge in [-0.05, 0) is 85.9 Å². The van der Waals surface area contributed by atoms with Crippen LogP contribution in [0.2, 0.25) is 10.0 Å². The van der Waals surface area contributed by atoms with Crippen LogP contribution in [0.25, 0.3) is 12.2 Å². The zero-order valence-corrected chi connectivity index (χ0v) is 31.2. The number of carboxylic acid groups (broad SMARTS) is 1. The molecule has 4 aromatic rings. The van der Waals surface area contributed by atoms with Crippen molar-refractivity contribution in [2.75, 3.05) is 6.61 Å². The van der Waals surface area contributed by atoms with E-state index in [2.05, 4.69) is 11.8 Å². The quantitative estimate of drug-likeness (QED) is 0.114. The fourth-order valence-electron chi connectivity index (χ4n) is 6.08. The minimum atomic E-state index is -4.94. The third-order valence-electron chi connectivity index (χ3n) is 8.72. The third kappa shape index (κ3) is 9.34. The summed E-state index contributed by atoms with van der Waals surface area (Å²) < 4.78 is 97.7. The van der Waals surface area contributed by atoms with Crippen molar-refractivity contribution in [1.29, 1.82) is 0 Å². The van der Waals surface area contributed by atoms with Gasteiger partial charge >= 0.3 is 24.3 Å². The number of benzene rings is 4. The normalized spacial score (nSPS) is 17.1. The highest BCUT2D eigenvalue weighted by Crippen LogP contribution is 2.49. The average Bonchev–Trinajstić information content (AvgIpc) is 3.15. The molecule has 0 spiro atoms. The summed E-state index contributed by atoms with van der Waals surface area (Å²) in [6.45, 7) is 2.71. The van der Waals surface area contributed by atoms with Crippen molar-refractivity contribution in [3.8, 4) is 23.3 Å². The Morgan fingerprint density at radius 1 is 0.821 bits per heavy atom. The number of rotatable bonds is 7. The second-order valence-corrected chi connectivity index (χ2v) is 13.3. The molecule has 0 amide bonds. The number of carbonyl (C=O) groups excluding carboxylic acids is 1. The Bertz CT molecular complexity index is 2220. The molecular weight excluding hydrogens is 785 g/mol. The zero-order chi connectivity index (χ0) is 40.8. The summed E-state index contributed by atoms with van der Waals surface area (Å²) in [7, 11) is 0. The van der Waals surface area contributed by atoms with Gasteiger partial charge in [0.05, 0.1) is 23.3 Å². The van der Waals surface area contributed by atoms with Crippen molar-refractivity contribution in [1.82, 2.24) is 0 Å². The van der Waals surface area contributed by atoms with Gasteiger partial charge in [-0.15, -0.1) is 0 Å². The van der Waals surface area contributed by atoms with Crippen LogP contribution in [0.1, 0.15) is 53.6 Å². The van der Waals surface area contributed by atoms with Crippen LogP contribution in [0.15, 0.2) is 96.1 Å². The molecule has 56 heavy (non-hydrogen) atoms. The predicted molar refractivity (Wildman–Crippen MR) is 200 cm³/mol. The van der Waals surface area contributed by atoms with E-state index in [0.717, 1.165) is 17.7 Å². The summed E-state index contributed by atoms with van der Waals surface area (Å²) in [5, 5.41) is 9.94. The Hall–Kier alpha value is -5.38. The molecule has 292 valence electrons. The first-order chi connectivity index (χ1) is 26.5. The number of aryl methyl sites for hydroxylation is 2. The van der Waals surface area contributed by atoms with Crippen molar-refractivity contribution in [2.24, 2.45) is 0 Å². The van der Waals surface area contributed by atoms with Gasteiger partial charge in [0.1, 0.15) is 11.5 Å². The fraction of sp³-hybridized carbons (Fsp3) is 0.238. The molecule has 2 aliphatic heterocycles. The van der Waals surface area contributed by atoms with Crippen LogP contribution in [0.4, 0.5) is 26.3 Å². The molecule has 0 fully saturated rings. The standard InChI is InChI=1S/C21H18ClF3O3.C21H14ClF3O3/c1-2-27-20(26)17-12-15-11-16(22)10-14(9-8-13-6-4-3-5-7-13)18(15)28-19(17)21(23,24)25;1-2-20(21(23,24)25)17(19(26)27)12-15-11-16(22)10-14(18(15)28-20)9-8-13-6-4-3-5-7-13/h3-7,10-12,19H,2,8-9H2,1H3;3-7,10-12H,2H2,1H3,(H,26,27). The van der Waals surface area contributed by atoms with E-state index in [4.69, 9.17) is 37.4 Å². The average molecular weight is 818 g/mol. The van der Waals surface area contributed by atoms with E-state index in [1.54, 1.807) is 30.3 Å². The molecular formula is C42H32Cl2F6O6. The SMILES string of the molecule is CCC1(C(F)(F)F)Oc2c(C#Cc3ccccc3)cc(Cl)cc2C=C1C(=O)O.CCOC(=O)C1=Cc2cc(Cl)cc(CCc3ccccc3)c2OC1C(F)(F)F. The van der Waals surface area contributed by atoms with E-state index in [1.165, 1.54) is 32.0 Å². The van der Waals surface area contributed by atoms with Gasteiger partial charge in [-0.1, -0.05) is 90.5 Å².